The maximum Gasteiger partial charge on any atom is 0.263 e. The summed E-state index contributed by atoms with van der Waals surface area (Å²) in [5.74, 6) is -0.0900. The Balaban J connectivity index is 1.42. The summed E-state index contributed by atoms with van der Waals surface area (Å²) in [6.07, 6.45) is 13.4. The second-order valence-corrected chi connectivity index (χ2v) is 8.73. The topological polar surface area (TPSA) is 114 Å². The molecule has 3 aromatic rings. The SMILES string of the molecule is Cn1cc(NC(=O)[C@H](CC2CCCC2)NC(=O)c2cnc(Nc3ccncc3)s2)cn1. The van der Waals surface area contributed by atoms with Gasteiger partial charge in [-0.2, -0.15) is 5.10 Å². The molecular weight excluding hydrogens is 414 g/mol. The van der Waals surface area contributed by atoms with Gasteiger partial charge in [0.05, 0.1) is 18.1 Å². The number of nitrogens with one attached hydrogen (secondary N) is 3. The summed E-state index contributed by atoms with van der Waals surface area (Å²) in [5.41, 5.74) is 1.45. The molecule has 31 heavy (non-hydrogen) atoms. The number of amides is 2. The van der Waals surface area contributed by atoms with Crippen LogP contribution >= 0.6 is 11.3 Å². The first-order chi connectivity index (χ1) is 15.1. The molecule has 2 amide bonds. The number of rotatable bonds is 8. The van der Waals surface area contributed by atoms with Crippen molar-refractivity contribution < 1.29 is 9.59 Å². The third kappa shape index (κ3) is 5.66. The zero-order chi connectivity index (χ0) is 21.6. The fraction of sp³-hybridized carbons (Fsp3) is 0.381. The molecule has 10 heteroatoms. The molecule has 0 bridgehead atoms. The Labute approximate surface area is 184 Å². The van der Waals surface area contributed by atoms with E-state index in [4.69, 9.17) is 0 Å². The van der Waals surface area contributed by atoms with Crippen molar-refractivity contribution in [3.05, 3.63) is 48.0 Å². The van der Waals surface area contributed by atoms with Crippen LogP contribution in [0.25, 0.3) is 0 Å². The van der Waals surface area contributed by atoms with Crippen LogP contribution in [0.4, 0.5) is 16.5 Å². The van der Waals surface area contributed by atoms with E-state index in [0.29, 0.717) is 28.0 Å². The van der Waals surface area contributed by atoms with E-state index in [-0.39, 0.29) is 11.8 Å². The van der Waals surface area contributed by atoms with Gasteiger partial charge in [0.1, 0.15) is 10.9 Å². The predicted molar refractivity (Wildman–Crippen MR) is 119 cm³/mol. The molecule has 0 aromatic carbocycles. The average molecular weight is 440 g/mol. The van der Waals surface area contributed by atoms with Gasteiger partial charge < -0.3 is 16.0 Å². The second-order valence-electron chi connectivity index (χ2n) is 7.69. The van der Waals surface area contributed by atoms with E-state index in [1.807, 2.05) is 12.1 Å². The summed E-state index contributed by atoms with van der Waals surface area (Å²) in [6.45, 7) is 0. The summed E-state index contributed by atoms with van der Waals surface area (Å²) in [5, 5.41) is 13.6. The van der Waals surface area contributed by atoms with Crippen molar-refractivity contribution in [1.82, 2.24) is 25.1 Å². The van der Waals surface area contributed by atoms with Gasteiger partial charge in [0.25, 0.3) is 5.91 Å². The van der Waals surface area contributed by atoms with Crippen LogP contribution in [-0.4, -0.2) is 37.6 Å². The van der Waals surface area contributed by atoms with E-state index in [1.54, 1.807) is 36.5 Å². The smallest absolute Gasteiger partial charge is 0.263 e. The number of carbonyl (C=O) groups excluding carboxylic acids is 2. The molecule has 3 aromatic heterocycles. The molecule has 0 saturated heterocycles. The molecule has 1 aliphatic rings. The first kappa shape index (κ1) is 21.0. The largest absolute Gasteiger partial charge is 0.339 e. The van der Waals surface area contributed by atoms with E-state index < -0.39 is 6.04 Å². The molecule has 1 atom stereocenters. The van der Waals surface area contributed by atoms with E-state index >= 15 is 0 Å². The summed E-state index contributed by atoms with van der Waals surface area (Å²) in [7, 11) is 1.79. The molecule has 1 aliphatic carbocycles. The third-order valence-electron chi connectivity index (χ3n) is 5.30. The molecule has 0 unspecified atom stereocenters. The Morgan fingerprint density at radius 1 is 1.19 bits per heavy atom. The lowest BCUT2D eigenvalue weighted by Gasteiger charge is -2.20. The van der Waals surface area contributed by atoms with Gasteiger partial charge in [0, 0.05) is 31.3 Å². The molecule has 1 saturated carbocycles. The molecule has 3 N–H and O–H groups in total. The molecular formula is C21H25N7O2S. The highest BCUT2D eigenvalue weighted by atomic mass is 32.1. The first-order valence-electron chi connectivity index (χ1n) is 10.3. The maximum atomic E-state index is 12.9. The number of hydrogen-bond acceptors (Lipinski definition) is 7. The fourth-order valence-electron chi connectivity index (χ4n) is 3.75. The minimum atomic E-state index is -0.616. The number of aryl methyl sites for hydroxylation is 1. The van der Waals surface area contributed by atoms with Crippen molar-refractivity contribution in [3.63, 3.8) is 0 Å². The molecule has 162 valence electrons. The van der Waals surface area contributed by atoms with Crippen molar-refractivity contribution in [1.29, 1.82) is 0 Å². The minimum Gasteiger partial charge on any atom is -0.339 e. The van der Waals surface area contributed by atoms with Crippen LogP contribution < -0.4 is 16.0 Å². The number of nitrogens with zero attached hydrogens (tertiary/aromatic N) is 4. The Morgan fingerprint density at radius 2 is 1.97 bits per heavy atom. The van der Waals surface area contributed by atoms with Crippen molar-refractivity contribution in [2.45, 2.75) is 38.1 Å². The summed E-state index contributed by atoms with van der Waals surface area (Å²) < 4.78 is 1.62. The molecule has 1 fully saturated rings. The van der Waals surface area contributed by atoms with Crippen LogP contribution in [0.2, 0.25) is 0 Å². The fourth-order valence-corrected chi connectivity index (χ4v) is 4.49. The lowest BCUT2D eigenvalue weighted by Crippen LogP contribution is -2.44. The number of pyridine rings is 1. The monoisotopic (exact) mass is 439 g/mol. The summed E-state index contributed by atoms with van der Waals surface area (Å²) >= 11 is 1.24. The Kier molecular flexibility index (Phi) is 6.56. The highest BCUT2D eigenvalue weighted by molar-refractivity contribution is 7.17. The van der Waals surface area contributed by atoms with E-state index in [9.17, 15) is 9.59 Å². The second kappa shape index (κ2) is 9.69. The van der Waals surface area contributed by atoms with Gasteiger partial charge in [-0.15, -0.1) is 0 Å². The molecule has 3 heterocycles. The number of aromatic nitrogens is 4. The van der Waals surface area contributed by atoms with Crippen molar-refractivity contribution >= 4 is 39.7 Å². The Hall–Kier alpha value is -3.27. The highest BCUT2D eigenvalue weighted by Gasteiger charge is 2.28. The van der Waals surface area contributed by atoms with Gasteiger partial charge in [-0.05, 0) is 24.5 Å². The Bertz CT molecular complexity index is 1030. The number of carbonyl (C=O) groups is 2. The van der Waals surface area contributed by atoms with Crippen LogP contribution in [0.5, 0.6) is 0 Å². The van der Waals surface area contributed by atoms with E-state index in [0.717, 1.165) is 18.5 Å². The molecule has 0 spiro atoms. The molecule has 0 radical (unpaired) electrons. The summed E-state index contributed by atoms with van der Waals surface area (Å²) in [6, 6.07) is 3.03. The standard InChI is InChI=1S/C21H25N7O2S/c1-28-13-16(11-24-28)25-19(29)17(10-14-4-2-3-5-14)27-20(30)18-12-23-21(31-18)26-15-6-8-22-9-7-15/h6-9,11-14,17H,2-5,10H2,1H3,(H,25,29)(H,27,30)(H,22,23,26)/t17-/m0/s1. The summed E-state index contributed by atoms with van der Waals surface area (Å²) in [4.78, 5) is 34.5. The Morgan fingerprint density at radius 3 is 2.68 bits per heavy atom. The molecule has 9 nitrogen and oxygen atoms in total. The van der Waals surface area contributed by atoms with Gasteiger partial charge in [0.2, 0.25) is 5.91 Å². The van der Waals surface area contributed by atoms with E-state index in [2.05, 4.69) is 31.0 Å². The highest BCUT2D eigenvalue weighted by Crippen LogP contribution is 2.29. The number of hydrogen-bond donors (Lipinski definition) is 3. The van der Waals surface area contributed by atoms with Gasteiger partial charge >= 0.3 is 0 Å². The third-order valence-corrected chi connectivity index (χ3v) is 6.21. The van der Waals surface area contributed by atoms with Crippen LogP contribution in [0.1, 0.15) is 41.8 Å². The van der Waals surface area contributed by atoms with Gasteiger partial charge in [0.15, 0.2) is 5.13 Å². The predicted octanol–water partition coefficient (Wildman–Crippen LogP) is 3.33. The van der Waals surface area contributed by atoms with Crippen molar-refractivity contribution in [2.75, 3.05) is 10.6 Å². The van der Waals surface area contributed by atoms with Gasteiger partial charge in [-0.1, -0.05) is 37.0 Å². The molecule has 0 aliphatic heterocycles. The van der Waals surface area contributed by atoms with Crippen LogP contribution in [0, 0.1) is 5.92 Å². The van der Waals surface area contributed by atoms with Gasteiger partial charge in [-0.25, -0.2) is 4.98 Å². The maximum absolute atomic E-state index is 12.9. The normalized spacial score (nSPS) is 14.9. The quantitative estimate of drug-likeness (QED) is 0.496. The lowest BCUT2D eigenvalue weighted by molar-refractivity contribution is -0.118. The lowest BCUT2D eigenvalue weighted by atomic mass is 9.97. The van der Waals surface area contributed by atoms with Crippen molar-refractivity contribution in [3.8, 4) is 0 Å². The van der Waals surface area contributed by atoms with Crippen molar-refractivity contribution in [2.24, 2.45) is 13.0 Å². The first-order valence-corrected chi connectivity index (χ1v) is 11.1. The number of thiazole rings is 1. The van der Waals surface area contributed by atoms with Crippen LogP contribution in [-0.2, 0) is 11.8 Å². The average Bonchev–Trinajstić information content (AvgIpc) is 3.51. The van der Waals surface area contributed by atoms with Crippen LogP contribution in [0.3, 0.4) is 0 Å². The molecule has 4 rings (SSSR count). The van der Waals surface area contributed by atoms with Crippen LogP contribution in [0.15, 0.2) is 43.1 Å². The van der Waals surface area contributed by atoms with E-state index in [1.165, 1.54) is 30.4 Å². The van der Waals surface area contributed by atoms with Gasteiger partial charge in [-0.3, -0.25) is 19.3 Å². The number of anilines is 3. The zero-order valence-corrected chi connectivity index (χ0v) is 18.1. The minimum absolute atomic E-state index is 0.229. The zero-order valence-electron chi connectivity index (χ0n) is 17.2.